The number of carboxylic acid groups (broad SMARTS) is 1. The lowest BCUT2D eigenvalue weighted by molar-refractivity contribution is -0.138. The van der Waals surface area contributed by atoms with Gasteiger partial charge in [0.15, 0.2) is 5.82 Å². The first kappa shape index (κ1) is 24.2. The van der Waals surface area contributed by atoms with E-state index in [2.05, 4.69) is 34.4 Å². The monoisotopic (exact) mass is 519 g/mol. The minimum Gasteiger partial charge on any atom is -0.481 e. The van der Waals surface area contributed by atoms with E-state index in [0.29, 0.717) is 35.7 Å². The Hall–Kier alpha value is -3.20. The number of carbonyl (C=O) groups is 1. The Balaban J connectivity index is 1.34. The predicted molar refractivity (Wildman–Crippen MR) is 143 cm³/mol. The molecule has 8 nitrogen and oxygen atoms in total. The van der Waals surface area contributed by atoms with Crippen LogP contribution in [0.2, 0.25) is 5.02 Å². The first-order chi connectivity index (χ1) is 17.7. The maximum Gasteiger partial charge on any atom is 0.304 e. The molecule has 0 bridgehead atoms. The fourth-order valence-corrected chi connectivity index (χ4v) is 6.70. The SMILES string of the molecule is CN1Cc2cc(Nc3ncc(Cl)c(N4CC(C)(CC(=O)O)c5ccccc54)n3)cc3c2C(CC(O)C3)C1. The van der Waals surface area contributed by atoms with Crippen molar-refractivity contribution in [3.8, 4) is 0 Å². The number of aliphatic carboxylic acids is 1. The van der Waals surface area contributed by atoms with Crippen molar-refractivity contribution in [1.82, 2.24) is 14.9 Å². The highest BCUT2D eigenvalue weighted by Gasteiger charge is 2.42. The van der Waals surface area contributed by atoms with Crippen molar-refractivity contribution in [2.75, 3.05) is 30.4 Å². The van der Waals surface area contributed by atoms with Crippen molar-refractivity contribution in [3.63, 3.8) is 0 Å². The first-order valence-corrected chi connectivity index (χ1v) is 13.0. The third-order valence-electron chi connectivity index (χ3n) is 7.88. The van der Waals surface area contributed by atoms with Crippen LogP contribution in [0.1, 0.15) is 47.9 Å². The predicted octanol–water partition coefficient (Wildman–Crippen LogP) is 4.59. The fourth-order valence-electron chi connectivity index (χ4n) is 6.51. The van der Waals surface area contributed by atoms with Crippen molar-refractivity contribution in [1.29, 1.82) is 0 Å². The van der Waals surface area contributed by atoms with E-state index in [1.54, 1.807) is 6.20 Å². The summed E-state index contributed by atoms with van der Waals surface area (Å²) in [6.07, 6.45) is 2.71. The molecule has 3 heterocycles. The second-order valence-electron chi connectivity index (χ2n) is 10.9. The number of carboxylic acids is 1. The fraction of sp³-hybridized carbons (Fsp3) is 0.393. The molecule has 9 heteroatoms. The Morgan fingerprint density at radius 1 is 1.27 bits per heavy atom. The Bertz CT molecular complexity index is 1360. The molecular formula is C28H30ClN5O3. The molecule has 2 aromatic carbocycles. The van der Waals surface area contributed by atoms with Gasteiger partial charge >= 0.3 is 5.97 Å². The summed E-state index contributed by atoms with van der Waals surface area (Å²) in [5, 5.41) is 23.8. The van der Waals surface area contributed by atoms with Gasteiger partial charge in [-0.25, -0.2) is 4.98 Å². The maximum absolute atomic E-state index is 11.7. The number of rotatable bonds is 5. The number of nitrogens with one attached hydrogen (secondary N) is 1. The zero-order chi connectivity index (χ0) is 25.9. The summed E-state index contributed by atoms with van der Waals surface area (Å²) in [5.74, 6) is 0.461. The Labute approximate surface area is 220 Å². The van der Waals surface area contributed by atoms with Gasteiger partial charge in [-0.3, -0.25) is 4.79 Å². The molecule has 0 amide bonds. The van der Waals surface area contributed by atoms with Crippen molar-refractivity contribution in [3.05, 3.63) is 69.9 Å². The van der Waals surface area contributed by atoms with Crippen LogP contribution in [-0.4, -0.2) is 57.3 Å². The van der Waals surface area contributed by atoms with Gasteiger partial charge in [0.2, 0.25) is 5.95 Å². The van der Waals surface area contributed by atoms with Crippen LogP contribution in [0, 0.1) is 0 Å². The lowest BCUT2D eigenvalue weighted by Gasteiger charge is -2.38. The number of anilines is 4. The van der Waals surface area contributed by atoms with E-state index in [-0.39, 0.29) is 12.5 Å². The van der Waals surface area contributed by atoms with Crippen molar-refractivity contribution in [2.45, 2.75) is 50.2 Å². The quantitative estimate of drug-likeness (QED) is 0.450. The van der Waals surface area contributed by atoms with Crippen LogP contribution >= 0.6 is 11.6 Å². The van der Waals surface area contributed by atoms with E-state index >= 15 is 0 Å². The lowest BCUT2D eigenvalue weighted by atomic mass is 9.76. The number of fused-ring (bicyclic) bond motifs is 1. The number of nitrogens with zero attached hydrogens (tertiary/aromatic N) is 4. The summed E-state index contributed by atoms with van der Waals surface area (Å²) in [6.45, 7) is 4.24. The number of hydrogen-bond donors (Lipinski definition) is 3. The van der Waals surface area contributed by atoms with E-state index in [9.17, 15) is 15.0 Å². The van der Waals surface area contributed by atoms with Gasteiger partial charge in [0.25, 0.3) is 0 Å². The van der Waals surface area contributed by atoms with Gasteiger partial charge in [0, 0.05) is 36.4 Å². The molecule has 3 aliphatic rings. The zero-order valence-corrected chi connectivity index (χ0v) is 21.7. The van der Waals surface area contributed by atoms with Gasteiger partial charge in [-0.15, -0.1) is 0 Å². The van der Waals surface area contributed by atoms with Crippen LogP contribution in [-0.2, 0) is 23.2 Å². The van der Waals surface area contributed by atoms with E-state index in [4.69, 9.17) is 16.6 Å². The van der Waals surface area contributed by atoms with Gasteiger partial charge in [-0.1, -0.05) is 36.7 Å². The van der Waals surface area contributed by atoms with Crippen LogP contribution in [0.15, 0.2) is 42.6 Å². The molecule has 2 aliphatic heterocycles. The van der Waals surface area contributed by atoms with E-state index in [1.807, 2.05) is 36.1 Å². The molecule has 3 unspecified atom stereocenters. The smallest absolute Gasteiger partial charge is 0.304 e. The number of likely N-dealkylation sites (N-methyl/N-ethyl adjacent to an activating group) is 1. The molecule has 0 fully saturated rings. The molecule has 6 rings (SSSR count). The number of aromatic nitrogens is 2. The molecule has 192 valence electrons. The normalized spacial score (nSPS) is 24.5. The standard InChI is InChI=1S/C28H30ClN5O3/c1-28(11-24(36)37)15-34(23-6-4-3-5-21(23)28)26-22(29)12-30-27(32-26)31-19-7-16-9-20(35)10-18-14-33(2)13-17(8-19)25(16)18/h3-8,12,18,20,35H,9-11,13-15H2,1-2H3,(H,36,37)(H,30,31,32). The third kappa shape index (κ3) is 4.33. The largest absolute Gasteiger partial charge is 0.481 e. The van der Waals surface area contributed by atoms with Gasteiger partial charge in [-0.2, -0.15) is 4.98 Å². The molecule has 3 aromatic rings. The van der Waals surface area contributed by atoms with Gasteiger partial charge < -0.3 is 25.3 Å². The molecule has 1 aromatic heterocycles. The topological polar surface area (TPSA) is 102 Å². The number of halogens is 1. The summed E-state index contributed by atoms with van der Waals surface area (Å²) >= 11 is 6.60. The van der Waals surface area contributed by atoms with Crippen LogP contribution in [0.25, 0.3) is 0 Å². The minimum atomic E-state index is -0.843. The summed E-state index contributed by atoms with van der Waals surface area (Å²) in [4.78, 5) is 25.2. The average molecular weight is 520 g/mol. The molecule has 0 saturated carbocycles. The Morgan fingerprint density at radius 3 is 2.86 bits per heavy atom. The lowest BCUT2D eigenvalue weighted by Crippen LogP contribution is -2.36. The van der Waals surface area contributed by atoms with E-state index in [1.165, 1.54) is 16.7 Å². The zero-order valence-electron chi connectivity index (χ0n) is 20.9. The first-order valence-electron chi connectivity index (χ1n) is 12.6. The second-order valence-corrected chi connectivity index (χ2v) is 11.3. The summed E-state index contributed by atoms with van der Waals surface area (Å²) in [6, 6.07) is 12.1. The van der Waals surface area contributed by atoms with Gasteiger partial charge in [0.1, 0.15) is 5.02 Å². The highest BCUT2D eigenvalue weighted by atomic mass is 35.5. The van der Waals surface area contributed by atoms with E-state index in [0.717, 1.165) is 36.4 Å². The average Bonchev–Trinajstić information content (AvgIpc) is 3.11. The Morgan fingerprint density at radius 2 is 2.05 bits per heavy atom. The molecule has 37 heavy (non-hydrogen) atoms. The van der Waals surface area contributed by atoms with Crippen LogP contribution in [0.3, 0.4) is 0 Å². The van der Waals surface area contributed by atoms with Crippen molar-refractivity contribution < 1.29 is 15.0 Å². The van der Waals surface area contributed by atoms with Crippen LogP contribution in [0.5, 0.6) is 0 Å². The molecular weight excluding hydrogens is 490 g/mol. The Kier molecular flexibility index (Phi) is 5.86. The number of para-hydroxylation sites is 1. The van der Waals surface area contributed by atoms with Crippen molar-refractivity contribution >= 4 is 40.7 Å². The molecule has 0 radical (unpaired) electrons. The number of aliphatic hydroxyl groups is 1. The number of benzene rings is 2. The molecule has 3 N–H and O–H groups in total. The third-order valence-corrected chi connectivity index (χ3v) is 8.14. The van der Waals surface area contributed by atoms with Crippen molar-refractivity contribution in [2.24, 2.45) is 0 Å². The maximum atomic E-state index is 11.7. The molecule has 1 aliphatic carbocycles. The molecule has 0 spiro atoms. The molecule has 0 saturated heterocycles. The second kappa shape index (κ2) is 8.97. The van der Waals surface area contributed by atoms with Crippen LogP contribution in [0.4, 0.5) is 23.1 Å². The summed E-state index contributed by atoms with van der Waals surface area (Å²) in [5.41, 5.74) is 6.02. The highest BCUT2D eigenvalue weighted by molar-refractivity contribution is 6.33. The van der Waals surface area contributed by atoms with E-state index < -0.39 is 11.4 Å². The molecule has 3 atom stereocenters. The number of aliphatic hydroxyl groups excluding tert-OH is 1. The summed E-state index contributed by atoms with van der Waals surface area (Å²) in [7, 11) is 2.12. The summed E-state index contributed by atoms with van der Waals surface area (Å²) < 4.78 is 0. The highest BCUT2D eigenvalue weighted by Crippen LogP contribution is 2.47. The minimum absolute atomic E-state index is 0.00746. The number of hydrogen-bond acceptors (Lipinski definition) is 7. The van der Waals surface area contributed by atoms with Gasteiger partial charge in [0.05, 0.1) is 18.7 Å². The van der Waals surface area contributed by atoms with Crippen LogP contribution < -0.4 is 10.2 Å². The van der Waals surface area contributed by atoms with Gasteiger partial charge in [-0.05, 0) is 66.3 Å².